The predicted molar refractivity (Wildman–Crippen MR) is 80.3 cm³/mol. The van der Waals surface area contributed by atoms with Gasteiger partial charge in [-0.2, -0.15) is 5.10 Å². The maximum Gasteiger partial charge on any atom is 0.287 e. The smallest absolute Gasteiger partial charge is 0.287 e. The Balaban J connectivity index is 2.09. The van der Waals surface area contributed by atoms with E-state index >= 15 is 0 Å². The molecule has 5 nitrogen and oxygen atoms in total. The number of hydrogen-bond acceptors (Lipinski definition) is 4. The van der Waals surface area contributed by atoms with Gasteiger partial charge in [-0.05, 0) is 18.8 Å². The number of nitrogens with one attached hydrogen (secondary N) is 1. The number of anilines is 1. The summed E-state index contributed by atoms with van der Waals surface area (Å²) in [5, 5.41) is 17.6. The second-order valence-electron chi connectivity index (χ2n) is 6.04. The van der Waals surface area contributed by atoms with Crippen LogP contribution in [0, 0.1) is 5.92 Å². The standard InChI is InChI=1S/C14H22ClN3O2/c1-10(2)8-18-13(19)12(15)11(7-17-18)16-9-14(20)5-3-4-6-14/h7,10,16,20H,3-6,8-9H2,1-2H3. The number of rotatable bonds is 5. The summed E-state index contributed by atoms with van der Waals surface area (Å²) < 4.78 is 1.38. The van der Waals surface area contributed by atoms with Crippen LogP contribution in [-0.4, -0.2) is 27.0 Å². The zero-order valence-corrected chi connectivity index (χ0v) is 12.8. The third kappa shape index (κ3) is 3.52. The van der Waals surface area contributed by atoms with E-state index in [-0.39, 0.29) is 10.6 Å². The summed E-state index contributed by atoms with van der Waals surface area (Å²) in [6.45, 7) is 4.98. The minimum Gasteiger partial charge on any atom is -0.388 e. The van der Waals surface area contributed by atoms with Crippen molar-refractivity contribution in [3.63, 3.8) is 0 Å². The van der Waals surface area contributed by atoms with Gasteiger partial charge in [0.25, 0.3) is 5.56 Å². The normalized spacial score (nSPS) is 17.6. The highest BCUT2D eigenvalue weighted by molar-refractivity contribution is 6.32. The molecule has 0 atom stereocenters. The molecule has 1 fully saturated rings. The first-order chi connectivity index (χ1) is 9.41. The molecule has 1 aromatic rings. The Labute approximate surface area is 124 Å². The molecule has 0 aliphatic heterocycles. The molecule has 0 aromatic carbocycles. The van der Waals surface area contributed by atoms with Gasteiger partial charge in [0.1, 0.15) is 5.02 Å². The lowest BCUT2D eigenvalue weighted by Gasteiger charge is -2.23. The maximum absolute atomic E-state index is 12.1. The van der Waals surface area contributed by atoms with E-state index in [1.165, 1.54) is 4.68 Å². The van der Waals surface area contributed by atoms with Crippen molar-refractivity contribution in [1.29, 1.82) is 0 Å². The van der Waals surface area contributed by atoms with Crippen LogP contribution in [-0.2, 0) is 6.54 Å². The second kappa shape index (κ2) is 6.14. The van der Waals surface area contributed by atoms with Crippen molar-refractivity contribution < 1.29 is 5.11 Å². The lowest BCUT2D eigenvalue weighted by Crippen LogP contribution is -2.34. The number of aliphatic hydroxyl groups is 1. The number of halogens is 1. The average Bonchev–Trinajstić information content (AvgIpc) is 2.81. The first-order valence-electron chi connectivity index (χ1n) is 7.13. The molecule has 112 valence electrons. The molecule has 1 aromatic heterocycles. The van der Waals surface area contributed by atoms with Crippen molar-refractivity contribution in [1.82, 2.24) is 9.78 Å². The van der Waals surface area contributed by atoms with Gasteiger partial charge < -0.3 is 10.4 Å². The Morgan fingerprint density at radius 1 is 1.50 bits per heavy atom. The Kier molecular flexibility index (Phi) is 4.70. The van der Waals surface area contributed by atoms with Crippen LogP contribution in [0.25, 0.3) is 0 Å². The van der Waals surface area contributed by atoms with Gasteiger partial charge >= 0.3 is 0 Å². The second-order valence-corrected chi connectivity index (χ2v) is 6.42. The number of hydrogen-bond donors (Lipinski definition) is 2. The fourth-order valence-corrected chi connectivity index (χ4v) is 2.75. The van der Waals surface area contributed by atoms with Gasteiger partial charge in [0.15, 0.2) is 0 Å². The Bertz CT molecular complexity index is 522. The summed E-state index contributed by atoms with van der Waals surface area (Å²) >= 11 is 6.10. The molecule has 20 heavy (non-hydrogen) atoms. The molecule has 2 rings (SSSR count). The zero-order valence-electron chi connectivity index (χ0n) is 12.0. The van der Waals surface area contributed by atoms with E-state index < -0.39 is 5.60 Å². The van der Waals surface area contributed by atoms with Gasteiger partial charge in [-0.1, -0.05) is 38.3 Å². The van der Waals surface area contributed by atoms with E-state index in [1.807, 2.05) is 13.8 Å². The van der Waals surface area contributed by atoms with E-state index in [0.717, 1.165) is 25.7 Å². The molecule has 1 heterocycles. The molecule has 1 saturated carbocycles. The minimum atomic E-state index is -0.684. The van der Waals surface area contributed by atoms with Crippen LogP contribution < -0.4 is 10.9 Å². The monoisotopic (exact) mass is 299 g/mol. The van der Waals surface area contributed by atoms with Crippen LogP contribution in [0.5, 0.6) is 0 Å². The van der Waals surface area contributed by atoms with Crippen molar-refractivity contribution in [2.24, 2.45) is 5.92 Å². The summed E-state index contributed by atoms with van der Waals surface area (Å²) in [6, 6.07) is 0. The van der Waals surface area contributed by atoms with Gasteiger partial charge in [0.05, 0.1) is 17.5 Å². The summed E-state index contributed by atoms with van der Waals surface area (Å²) in [4.78, 5) is 12.1. The largest absolute Gasteiger partial charge is 0.388 e. The van der Waals surface area contributed by atoms with E-state index in [0.29, 0.717) is 24.7 Å². The third-order valence-corrected chi connectivity index (χ3v) is 4.03. The van der Waals surface area contributed by atoms with Crippen molar-refractivity contribution in [3.8, 4) is 0 Å². The Hall–Kier alpha value is -1.07. The average molecular weight is 300 g/mol. The molecular formula is C14H22ClN3O2. The van der Waals surface area contributed by atoms with Crippen LogP contribution in [0.3, 0.4) is 0 Å². The molecular weight excluding hydrogens is 278 g/mol. The summed E-state index contributed by atoms with van der Waals surface area (Å²) in [5.74, 6) is 0.328. The highest BCUT2D eigenvalue weighted by atomic mass is 35.5. The molecule has 0 spiro atoms. The van der Waals surface area contributed by atoms with Crippen molar-refractivity contribution in [2.45, 2.75) is 51.7 Å². The summed E-state index contributed by atoms with van der Waals surface area (Å²) in [6.07, 6.45) is 5.22. The Morgan fingerprint density at radius 2 is 2.15 bits per heavy atom. The quantitative estimate of drug-likeness (QED) is 0.875. The van der Waals surface area contributed by atoms with Crippen LogP contribution >= 0.6 is 11.6 Å². The fourth-order valence-electron chi connectivity index (χ4n) is 2.53. The van der Waals surface area contributed by atoms with Crippen LogP contribution in [0.2, 0.25) is 5.02 Å². The van der Waals surface area contributed by atoms with E-state index in [4.69, 9.17) is 11.6 Å². The molecule has 0 radical (unpaired) electrons. The number of nitrogens with zero attached hydrogens (tertiary/aromatic N) is 2. The molecule has 2 N–H and O–H groups in total. The van der Waals surface area contributed by atoms with Gasteiger partial charge in [-0.15, -0.1) is 0 Å². The molecule has 0 bridgehead atoms. The van der Waals surface area contributed by atoms with Crippen LogP contribution in [0.1, 0.15) is 39.5 Å². The molecule has 6 heteroatoms. The SMILES string of the molecule is CC(C)Cn1ncc(NCC2(O)CCCC2)c(Cl)c1=O. The summed E-state index contributed by atoms with van der Waals surface area (Å²) in [7, 11) is 0. The van der Waals surface area contributed by atoms with E-state index in [2.05, 4.69) is 10.4 Å². The lowest BCUT2D eigenvalue weighted by molar-refractivity contribution is 0.0614. The lowest BCUT2D eigenvalue weighted by atomic mass is 10.0. The van der Waals surface area contributed by atoms with Crippen molar-refractivity contribution >= 4 is 17.3 Å². The van der Waals surface area contributed by atoms with Crippen molar-refractivity contribution in [3.05, 3.63) is 21.6 Å². The predicted octanol–water partition coefficient (Wildman–Crippen LogP) is 2.27. The maximum atomic E-state index is 12.1. The number of aromatic nitrogens is 2. The van der Waals surface area contributed by atoms with Crippen LogP contribution in [0.15, 0.2) is 11.0 Å². The zero-order chi connectivity index (χ0) is 14.8. The highest BCUT2D eigenvalue weighted by Crippen LogP contribution is 2.30. The van der Waals surface area contributed by atoms with Gasteiger partial charge in [0, 0.05) is 13.1 Å². The first-order valence-corrected chi connectivity index (χ1v) is 7.51. The van der Waals surface area contributed by atoms with Crippen LogP contribution in [0.4, 0.5) is 5.69 Å². The summed E-state index contributed by atoms with van der Waals surface area (Å²) in [5.41, 5.74) is -0.475. The highest BCUT2D eigenvalue weighted by Gasteiger charge is 2.31. The molecule has 1 aliphatic carbocycles. The Morgan fingerprint density at radius 3 is 2.75 bits per heavy atom. The van der Waals surface area contributed by atoms with Gasteiger partial charge in [-0.25, -0.2) is 4.68 Å². The first kappa shape index (κ1) is 15.3. The van der Waals surface area contributed by atoms with Crippen molar-refractivity contribution in [2.75, 3.05) is 11.9 Å². The topological polar surface area (TPSA) is 67.2 Å². The van der Waals surface area contributed by atoms with E-state index in [1.54, 1.807) is 6.20 Å². The minimum absolute atomic E-state index is 0.141. The third-order valence-electron chi connectivity index (χ3n) is 3.67. The molecule has 0 amide bonds. The molecule has 0 unspecified atom stereocenters. The van der Waals surface area contributed by atoms with Gasteiger partial charge in [-0.3, -0.25) is 4.79 Å². The fraction of sp³-hybridized carbons (Fsp3) is 0.714. The molecule has 0 saturated heterocycles. The molecule has 1 aliphatic rings. The van der Waals surface area contributed by atoms with Gasteiger partial charge in [0.2, 0.25) is 0 Å². The van der Waals surface area contributed by atoms with E-state index in [9.17, 15) is 9.90 Å².